The van der Waals surface area contributed by atoms with Crippen LogP contribution in [0.1, 0.15) is 253 Å². The predicted molar refractivity (Wildman–Crippen MR) is 229 cm³/mol. The van der Waals surface area contributed by atoms with Crippen molar-refractivity contribution in [2.75, 3.05) is 19.8 Å². The second-order valence-electron chi connectivity index (χ2n) is 17.8. The van der Waals surface area contributed by atoms with Crippen molar-refractivity contribution in [2.24, 2.45) is 17.8 Å². The van der Waals surface area contributed by atoms with Gasteiger partial charge in [-0.1, -0.05) is 221 Å². The molecule has 0 amide bonds. The van der Waals surface area contributed by atoms with E-state index in [2.05, 4.69) is 41.5 Å². The average Bonchev–Trinajstić information content (AvgIpc) is 3.11. The molecule has 0 aromatic heterocycles. The van der Waals surface area contributed by atoms with Crippen molar-refractivity contribution >= 4 is 11.9 Å². The zero-order valence-corrected chi connectivity index (χ0v) is 36.8. The van der Waals surface area contributed by atoms with Gasteiger partial charge in [0.05, 0.1) is 6.61 Å². The SMILES string of the molecule is CC(C)CCCCCCCCCCCCOC[C@@H](COC(=O)CCCCCCCCCCCC(C)C)OC(=O)CCCCCCCCCCCC(C)C. The number of unbranched alkanes of at least 4 members (excludes halogenated alkanes) is 25. The molecule has 5 heteroatoms. The van der Waals surface area contributed by atoms with Crippen LogP contribution in [0, 0.1) is 17.8 Å². The summed E-state index contributed by atoms with van der Waals surface area (Å²) in [5.41, 5.74) is 0. The maximum atomic E-state index is 12.7. The molecule has 0 fully saturated rings. The Morgan fingerprint density at radius 2 is 0.660 bits per heavy atom. The minimum atomic E-state index is -0.525. The van der Waals surface area contributed by atoms with Crippen molar-refractivity contribution in [1.29, 1.82) is 0 Å². The van der Waals surface area contributed by atoms with Gasteiger partial charge < -0.3 is 14.2 Å². The van der Waals surface area contributed by atoms with Gasteiger partial charge in [-0.05, 0) is 37.0 Å². The predicted octanol–water partition coefficient (Wildman–Crippen LogP) is 15.3. The quantitative estimate of drug-likeness (QED) is 0.0459. The standard InChI is InChI=1S/C48H94O5/c1-43(2)35-29-23-17-11-7-8-16-22-28-34-40-51-41-46(53-48(50)39-33-27-21-15-10-13-19-25-31-37-45(5)6)42-52-47(49)38-32-26-20-14-9-12-18-24-30-36-44(3)4/h43-46H,7-42H2,1-6H3/t46-/m0/s1. The van der Waals surface area contributed by atoms with Crippen LogP contribution in [0.4, 0.5) is 0 Å². The number of carbonyl (C=O) groups excluding carboxylic acids is 2. The molecule has 316 valence electrons. The van der Waals surface area contributed by atoms with Gasteiger partial charge in [-0.2, -0.15) is 0 Å². The van der Waals surface area contributed by atoms with Crippen LogP contribution >= 0.6 is 0 Å². The van der Waals surface area contributed by atoms with Crippen molar-refractivity contribution < 1.29 is 23.8 Å². The summed E-state index contributed by atoms with van der Waals surface area (Å²) in [6, 6.07) is 0. The van der Waals surface area contributed by atoms with Gasteiger partial charge in [0, 0.05) is 19.4 Å². The minimum Gasteiger partial charge on any atom is -0.462 e. The van der Waals surface area contributed by atoms with Crippen LogP contribution in [0.2, 0.25) is 0 Å². The topological polar surface area (TPSA) is 61.8 Å². The first-order valence-electron chi connectivity index (χ1n) is 23.6. The Bertz CT molecular complexity index is 763. The normalized spacial score (nSPS) is 12.3. The lowest BCUT2D eigenvalue weighted by molar-refractivity contribution is -0.163. The molecule has 0 bridgehead atoms. The van der Waals surface area contributed by atoms with Crippen molar-refractivity contribution in [3.63, 3.8) is 0 Å². The van der Waals surface area contributed by atoms with E-state index >= 15 is 0 Å². The van der Waals surface area contributed by atoms with Gasteiger partial charge in [-0.15, -0.1) is 0 Å². The summed E-state index contributed by atoms with van der Waals surface area (Å²) in [5.74, 6) is 2.10. The van der Waals surface area contributed by atoms with Crippen molar-refractivity contribution in [3.05, 3.63) is 0 Å². The zero-order chi connectivity index (χ0) is 39.0. The number of esters is 2. The summed E-state index contributed by atoms with van der Waals surface area (Å²) in [6.07, 6.45) is 39.6. The molecule has 0 saturated heterocycles. The van der Waals surface area contributed by atoms with Crippen LogP contribution in [0.3, 0.4) is 0 Å². The summed E-state index contributed by atoms with van der Waals surface area (Å²) >= 11 is 0. The van der Waals surface area contributed by atoms with Crippen LogP contribution in [0.5, 0.6) is 0 Å². The summed E-state index contributed by atoms with van der Waals surface area (Å²) in [6.45, 7) is 14.9. The number of ether oxygens (including phenoxy) is 3. The molecule has 1 atom stereocenters. The molecule has 0 N–H and O–H groups in total. The molecular formula is C48H94O5. The Kier molecular flexibility index (Phi) is 39.7. The maximum absolute atomic E-state index is 12.7. The van der Waals surface area contributed by atoms with Gasteiger partial charge in [0.1, 0.15) is 6.61 Å². The van der Waals surface area contributed by atoms with E-state index < -0.39 is 6.10 Å². The van der Waals surface area contributed by atoms with Crippen molar-refractivity contribution in [1.82, 2.24) is 0 Å². The van der Waals surface area contributed by atoms with E-state index in [1.165, 1.54) is 167 Å². The Morgan fingerprint density at radius 1 is 0.358 bits per heavy atom. The second kappa shape index (κ2) is 40.6. The Balaban J connectivity index is 4.22. The fraction of sp³-hybridized carbons (Fsp3) is 0.958. The van der Waals surface area contributed by atoms with Crippen LogP contribution in [-0.4, -0.2) is 37.9 Å². The molecule has 0 saturated carbocycles. The van der Waals surface area contributed by atoms with Crippen LogP contribution in [0.25, 0.3) is 0 Å². The van der Waals surface area contributed by atoms with Gasteiger partial charge >= 0.3 is 11.9 Å². The van der Waals surface area contributed by atoms with Crippen LogP contribution in [-0.2, 0) is 23.8 Å². The third-order valence-electron chi connectivity index (χ3n) is 10.7. The number of carbonyl (C=O) groups is 2. The maximum Gasteiger partial charge on any atom is 0.306 e. The largest absolute Gasteiger partial charge is 0.462 e. The van der Waals surface area contributed by atoms with Crippen molar-refractivity contribution in [2.45, 2.75) is 260 Å². The first-order chi connectivity index (χ1) is 25.7. The molecule has 0 spiro atoms. The zero-order valence-electron chi connectivity index (χ0n) is 36.8. The van der Waals surface area contributed by atoms with E-state index in [0.717, 1.165) is 49.9 Å². The molecule has 0 aromatic carbocycles. The molecule has 0 heterocycles. The van der Waals surface area contributed by atoms with E-state index in [9.17, 15) is 9.59 Å². The molecule has 0 radical (unpaired) electrons. The molecule has 0 aliphatic carbocycles. The van der Waals surface area contributed by atoms with Gasteiger partial charge in [0.2, 0.25) is 0 Å². The molecule has 0 aliphatic rings. The van der Waals surface area contributed by atoms with Crippen molar-refractivity contribution in [3.8, 4) is 0 Å². The molecule has 0 aromatic rings. The molecular weight excluding hydrogens is 657 g/mol. The Labute approximate surface area is 332 Å². The first-order valence-corrected chi connectivity index (χ1v) is 23.6. The fourth-order valence-corrected chi connectivity index (χ4v) is 7.12. The lowest BCUT2D eigenvalue weighted by atomic mass is 10.0. The summed E-state index contributed by atoms with van der Waals surface area (Å²) in [4.78, 5) is 25.2. The molecule has 0 unspecified atom stereocenters. The van der Waals surface area contributed by atoms with E-state index in [1.54, 1.807) is 0 Å². The lowest BCUT2D eigenvalue weighted by Crippen LogP contribution is -2.30. The highest BCUT2D eigenvalue weighted by atomic mass is 16.6. The van der Waals surface area contributed by atoms with Gasteiger partial charge in [0.15, 0.2) is 6.10 Å². The first kappa shape index (κ1) is 51.9. The number of rotatable bonds is 42. The fourth-order valence-electron chi connectivity index (χ4n) is 7.12. The molecule has 53 heavy (non-hydrogen) atoms. The summed E-state index contributed by atoms with van der Waals surface area (Å²) in [7, 11) is 0. The van der Waals surface area contributed by atoms with E-state index in [-0.39, 0.29) is 18.5 Å². The summed E-state index contributed by atoms with van der Waals surface area (Å²) < 4.78 is 17.3. The highest BCUT2D eigenvalue weighted by molar-refractivity contribution is 5.70. The molecule has 5 nitrogen and oxygen atoms in total. The van der Waals surface area contributed by atoms with Gasteiger partial charge in [-0.3, -0.25) is 9.59 Å². The Hall–Kier alpha value is -1.10. The Morgan fingerprint density at radius 3 is 1.02 bits per heavy atom. The molecule has 0 aliphatic heterocycles. The van der Waals surface area contributed by atoms with Crippen LogP contribution < -0.4 is 0 Å². The lowest BCUT2D eigenvalue weighted by Gasteiger charge is -2.18. The van der Waals surface area contributed by atoms with E-state index in [1.807, 2.05) is 0 Å². The molecule has 0 rings (SSSR count). The highest BCUT2D eigenvalue weighted by Crippen LogP contribution is 2.17. The van der Waals surface area contributed by atoms with E-state index in [0.29, 0.717) is 26.1 Å². The smallest absolute Gasteiger partial charge is 0.306 e. The second-order valence-corrected chi connectivity index (χ2v) is 17.8. The minimum absolute atomic E-state index is 0.0933. The third-order valence-corrected chi connectivity index (χ3v) is 10.7. The van der Waals surface area contributed by atoms with E-state index in [4.69, 9.17) is 14.2 Å². The third kappa shape index (κ3) is 43.5. The number of hydrogen-bond acceptors (Lipinski definition) is 5. The van der Waals surface area contributed by atoms with Gasteiger partial charge in [0.25, 0.3) is 0 Å². The monoisotopic (exact) mass is 751 g/mol. The highest BCUT2D eigenvalue weighted by Gasteiger charge is 2.17. The average molecular weight is 751 g/mol. The summed E-state index contributed by atoms with van der Waals surface area (Å²) in [5, 5.41) is 0. The van der Waals surface area contributed by atoms with Gasteiger partial charge in [-0.25, -0.2) is 0 Å². The van der Waals surface area contributed by atoms with Crippen LogP contribution in [0.15, 0.2) is 0 Å². The number of hydrogen-bond donors (Lipinski definition) is 0.